The van der Waals surface area contributed by atoms with Crippen LogP contribution in [0.2, 0.25) is 0 Å². The second-order valence-corrected chi connectivity index (χ2v) is 6.61. The number of imide groups is 1. The van der Waals surface area contributed by atoms with Gasteiger partial charge >= 0.3 is 6.03 Å². The van der Waals surface area contributed by atoms with Gasteiger partial charge in [0.15, 0.2) is 0 Å². The number of likely N-dealkylation sites (tertiary alicyclic amines) is 1. The summed E-state index contributed by atoms with van der Waals surface area (Å²) in [4.78, 5) is 31.1. The number of urea groups is 1. The summed E-state index contributed by atoms with van der Waals surface area (Å²) in [7, 11) is 0. The predicted molar refractivity (Wildman–Crippen MR) is 91.7 cm³/mol. The summed E-state index contributed by atoms with van der Waals surface area (Å²) in [5.41, 5.74) is 1.16. The Morgan fingerprint density at radius 1 is 1.33 bits per heavy atom. The molecular formula is C17H25N5O2. The lowest BCUT2D eigenvalue weighted by molar-refractivity contribution is -0.125. The largest absolute Gasteiger partial charge is 0.370 e. The van der Waals surface area contributed by atoms with Crippen molar-refractivity contribution in [3.63, 3.8) is 0 Å². The van der Waals surface area contributed by atoms with Crippen LogP contribution in [0.15, 0.2) is 18.3 Å². The molecule has 0 radical (unpaired) electrons. The van der Waals surface area contributed by atoms with E-state index in [0.29, 0.717) is 12.5 Å². The zero-order chi connectivity index (χ0) is 16.9. The number of aryl methyl sites for hydroxylation is 1. The van der Waals surface area contributed by atoms with Gasteiger partial charge in [-0.3, -0.25) is 9.69 Å². The minimum absolute atomic E-state index is 0.117. The van der Waals surface area contributed by atoms with E-state index >= 15 is 0 Å². The number of aromatic nitrogens is 1. The third-order valence-corrected chi connectivity index (χ3v) is 4.65. The van der Waals surface area contributed by atoms with Crippen LogP contribution in [-0.2, 0) is 4.79 Å². The highest BCUT2D eigenvalue weighted by Crippen LogP contribution is 2.17. The third kappa shape index (κ3) is 4.23. The van der Waals surface area contributed by atoms with Gasteiger partial charge in [0.25, 0.3) is 0 Å². The van der Waals surface area contributed by atoms with Gasteiger partial charge in [0.2, 0.25) is 5.91 Å². The molecular weight excluding hydrogens is 306 g/mol. The average Bonchev–Trinajstić information content (AvgIpc) is 3.15. The van der Waals surface area contributed by atoms with Crippen LogP contribution in [0.5, 0.6) is 0 Å². The van der Waals surface area contributed by atoms with Crippen LogP contribution in [0.3, 0.4) is 0 Å². The van der Waals surface area contributed by atoms with Crippen molar-refractivity contribution in [2.75, 3.05) is 44.6 Å². The highest BCUT2D eigenvalue weighted by atomic mass is 16.2. The fourth-order valence-corrected chi connectivity index (χ4v) is 3.24. The number of hydrogen-bond acceptors (Lipinski definition) is 5. The van der Waals surface area contributed by atoms with Gasteiger partial charge < -0.3 is 15.5 Å². The lowest BCUT2D eigenvalue weighted by atomic mass is 10.1. The molecule has 3 heterocycles. The molecule has 0 saturated carbocycles. The van der Waals surface area contributed by atoms with Crippen LogP contribution in [0, 0.1) is 12.8 Å². The molecule has 3 amide bonds. The van der Waals surface area contributed by atoms with Gasteiger partial charge in [0.1, 0.15) is 5.82 Å². The monoisotopic (exact) mass is 331 g/mol. The van der Waals surface area contributed by atoms with Crippen LogP contribution in [0.4, 0.5) is 10.6 Å². The summed E-state index contributed by atoms with van der Waals surface area (Å²) in [6.07, 6.45) is 3.87. The number of pyridine rings is 1. The summed E-state index contributed by atoms with van der Waals surface area (Å²) in [5.74, 6) is 1.43. The normalized spacial score (nSPS) is 21.4. The van der Waals surface area contributed by atoms with Crippen molar-refractivity contribution in [3.8, 4) is 0 Å². The molecule has 0 aliphatic carbocycles. The van der Waals surface area contributed by atoms with E-state index in [0.717, 1.165) is 44.0 Å². The van der Waals surface area contributed by atoms with Crippen molar-refractivity contribution in [2.24, 2.45) is 5.92 Å². The van der Waals surface area contributed by atoms with Crippen LogP contribution in [0.1, 0.15) is 18.4 Å². The van der Waals surface area contributed by atoms with Crippen molar-refractivity contribution in [2.45, 2.75) is 19.8 Å². The Labute approximate surface area is 142 Å². The number of hydrogen-bond donors (Lipinski definition) is 2. The first-order valence-electron chi connectivity index (χ1n) is 8.59. The number of carbonyl (C=O) groups excluding carboxylic acids is 2. The minimum atomic E-state index is -0.255. The van der Waals surface area contributed by atoms with Crippen LogP contribution < -0.4 is 10.6 Å². The molecule has 1 atom stereocenters. The standard InChI is InChI=1S/C17H25N5O2/c1-13-3-4-15(18-9-13)19-10-14-5-8-21(12-14)6-2-7-22-16(23)11-20-17(22)24/h3-4,9,14H,2,5-8,10-12H2,1H3,(H,18,19)(H,20,24)/t14-/m1/s1. The summed E-state index contributed by atoms with van der Waals surface area (Å²) < 4.78 is 0. The maximum atomic E-state index is 11.5. The van der Waals surface area contributed by atoms with Crippen LogP contribution in [-0.4, -0.2) is 66.0 Å². The van der Waals surface area contributed by atoms with Gasteiger partial charge in [-0.15, -0.1) is 0 Å². The molecule has 3 rings (SSSR count). The number of amides is 3. The molecule has 2 saturated heterocycles. The van der Waals surface area contributed by atoms with Crippen LogP contribution >= 0.6 is 0 Å². The summed E-state index contributed by atoms with van der Waals surface area (Å²) >= 11 is 0. The molecule has 130 valence electrons. The molecule has 2 aliphatic rings. The smallest absolute Gasteiger partial charge is 0.324 e. The Morgan fingerprint density at radius 2 is 2.21 bits per heavy atom. The maximum absolute atomic E-state index is 11.5. The number of nitrogens with zero attached hydrogens (tertiary/aromatic N) is 3. The lowest BCUT2D eigenvalue weighted by Gasteiger charge is -2.18. The number of anilines is 1. The molecule has 24 heavy (non-hydrogen) atoms. The van der Waals surface area contributed by atoms with E-state index in [1.54, 1.807) is 0 Å². The van der Waals surface area contributed by atoms with E-state index in [9.17, 15) is 9.59 Å². The SMILES string of the molecule is Cc1ccc(NC[C@H]2CCN(CCCN3C(=O)CNC3=O)C2)nc1. The molecule has 7 heteroatoms. The molecule has 7 nitrogen and oxygen atoms in total. The van der Waals surface area contributed by atoms with Crippen molar-refractivity contribution in [3.05, 3.63) is 23.9 Å². The number of carbonyl (C=O) groups is 2. The van der Waals surface area contributed by atoms with Crippen LogP contribution in [0.25, 0.3) is 0 Å². The highest BCUT2D eigenvalue weighted by Gasteiger charge is 2.28. The number of nitrogens with one attached hydrogen (secondary N) is 2. The van der Waals surface area contributed by atoms with E-state index in [1.165, 1.54) is 11.3 Å². The number of rotatable bonds is 7. The van der Waals surface area contributed by atoms with Crippen molar-refractivity contribution >= 4 is 17.8 Å². The Bertz CT molecular complexity index is 573. The second-order valence-electron chi connectivity index (χ2n) is 6.61. The van der Waals surface area contributed by atoms with E-state index in [4.69, 9.17) is 0 Å². The summed E-state index contributed by atoms with van der Waals surface area (Å²) in [6, 6.07) is 3.82. The highest BCUT2D eigenvalue weighted by molar-refractivity contribution is 6.01. The molecule has 0 unspecified atom stereocenters. The predicted octanol–water partition coefficient (Wildman–Crippen LogP) is 1.07. The first kappa shape index (κ1) is 16.7. The molecule has 0 aromatic carbocycles. The Hall–Kier alpha value is -2.15. The third-order valence-electron chi connectivity index (χ3n) is 4.65. The Morgan fingerprint density at radius 3 is 2.92 bits per heavy atom. The second kappa shape index (κ2) is 7.61. The summed E-state index contributed by atoms with van der Waals surface area (Å²) in [5, 5.41) is 5.95. The lowest BCUT2D eigenvalue weighted by Crippen LogP contribution is -2.34. The van der Waals surface area contributed by atoms with Gasteiger partial charge in [0.05, 0.1) is 6.54 Å². The topological polar surface area (TPSA) is 77.6 Å². The maximum Gasteiger partial charge on any atom is 0.324 e. The van der Waals surface area contributed by atoms with E-state index in [1.807, 2.05) is 19.2 Å². The fourth-order valence-electron chi connectivity index (χ4n) is 3.24. The zero-order valence-corrected chi connectivity index (χ0v) is 14.1. The van der Waals surface area contributed by atoms with Gasteiger partial charge in [-0.1, -0.05) is 6.07 Å². The Balaban J connectivity index is 1.34. The quantitative estimate of drug-likeness (QED) is 0.731. The van der Waals surface area contributed by atoms with E-state index in [-0.39, 0.29) is 18.5 Å². The van der Waals surface area contributed by atoms with Crippen molar-refractivity contribution < 1.29 is 9.59 Å². The first-order valence-corrected chi connectivity index (χ1v) is 8.59. The van der Waals surface area contributed by atoms with Crippen molar-refractivity contribution in [1.82, 2.24) is 20.1 Å². The first-order chi connectivity index (χ1) is 11.6. The van der Waals surface area contributed by atoms with E-state index in [2.05, 4.69) is 26.6 Å². The van der Waals surface area contributed by atoms with Gasteiger partial charge in [-0.2, -0.15) is 0 Å². The molecule has 2 N–H and O–H groups in total. The van der Waals surface area contributed by atoms with Gasteiger partial charge in [0, 0.05) is 25.8 Å². The fraction of sp³-hybridized carbons (Fsp3) is 0.588. The van der Waals surface area contributed by atoms with Gasteiger partial charge in [-0.25, -0.2) is 9.78 Å². The molecule has 2 fully saturated rings. The Kier molecular flexibility index (Phi) is 5.30. The van der Waals surface area contributed by atoms with E-state index < -0.39 is 0 Å². The summed E-state index contributed by atoms with van der Waals surface area (Å²) in [6.45, 7) is 6.68. The molecule has 1 aromatic heterocycles. The van der Waals surface area contributed by atoms with Gasteiger partial charge in [-0.05, 0) is 50.4 Å². The average molecular weight is 331 g/mol. The molecule has 0 spiro atoms. The zero-order valence-electron chi connectivity index (χ0n) is 14.1. The minimum Gasteiger partial charge on any atom is -0.370 e. The van der Waals surface area contributed by atoms with Crippen molar-refractivity contribution in [1.29, 1.82) is 0 Å². The molecule has 2 aliphatic heterocycles. The molecule has 0 bridgehead atoms. The molecule has 1 aromatic rings.